The van der Waals surface area contributed by atoms with Crippen LogP contribution in [0.25, 0.3) is 16.1 Å². The third-order valence-electron chi connectivity index (χ3n) is 2.44. The maximum absolute atomic E-state index is 9.04. The van der Waals surface area contributed by atoms with Crippen LogP contribution in [0.3, 0.4) is 0 Å². The molecule has 0 saturated carbocycles. The molecule has 2 rings (SSSR count). The first-order chi connectivity index (χ1) is 8.24. The Labute approximate surface area is 99.8 Å². The van der Waals surface area contributed by atoms with Crippen molar-refractivity contribution in [1.29, 1.82) is 5.26 Å². The van der Waals surface area contributed by atoms with Crippen molar-refractivity contribution >= 4 is 5.69 Å². The molecule has 0 unspecified atom stereocenters. The molecule has 0 atom stereocenters. The smallest absolute Gasteiger partial charge is 0.188 e. The van der Waals surface area contributed by atoms with Crippen molar-refractivity contribution in [3.05, 3.63) is 59.1 Å². The SMILES string of the molecule is [C-]#[N+]c1ccc(C#N)c(-c2ccc(C)cn2)c1. The van der Waals surface area contributed by atoms with E-state index in [4.69, 9.17) is 11.8 Å². The third-order valence-corrected chi connectivity index (χ3v) is 2.44. The van der Waals surface area contributed by atoms with E-state index in [9.17, 15) is 0 Å². The van der Waals surface area contributed by atoms with Crippen LogP contribution in [0, 0.1) is 24.8 Å². The number of hydrogen-bond donors (Lipinski definition) is 0. The van der Waals surface area contributed by atoms with Crippen molar-refractivity contribution in [3.63, 3.8) is 0 Å². The molecule has 3 nitrogen and oxygen atoms in total. The molecule has 80 valence electrons. The summed E-state index contributed by atoms with van der Waals surface area (Å²) in [5.74, 6) is 0. The third kappa shape index (κ3) is 2.14. The van der Waals surface area contributed by atoms with Gasteiger partial charge in [-0.1, -0.05) is 18.2 Å². The number of aryl methyl sites for hydroxylation is 1. The maximum Gasteiger partial charge on any atom is 0.188 e. The van der Waals surface area contributed by atoms with Crippen molar-refractivity contribution in [3.8, 4) is 17.3 Å². The van der Waals surface area contributed by atoms with Gasteiger partial charge in [0.15, 0.2) is 5.69 Å². The quantitative estimate of drug-likeness (QED) is 0.689. The Hall–Kier alpha value is -2.65. The van der Waals surface area contributed by atoms with E-state index in [2.05, 4.69) is 15.9 Å². The molecule has 0 saturated heterocycles. The van der Waals surface area contributed by atoms with Crippen LogP contribution in [0.15, 0.2) is 36.5 Å². The highest BCUT2D eigenvalue weighted by molar-refractivity contribution is 5.72. The van der Waals surface area contributed by atoms with Crippen molar-refractivity contribution in [2.24, 2.45) is 0 Å². The Kier molecular flexibility index (Phi) is 2.85. The van der Waals surface area contributed by atoms with Crippen molar-refractivity contribution < 1.29 is 0 Å². The molecule has 0 fully saturated rings. The Balaban J connectivity index is 2.62. The number of pyridine rings is 1. The van der Waals surface area contributed by atoms with Crippen LogP contribution >= 0.6 is 0 Å². The first-order valence-corrected chi connectivity index (χ1v) is 5.09. The Morgan fingerprint density at radius 3 is 2.71 bits per heavy atom. The highest BCUT2D eigenvalue weighted by atomic mass is 14.7. The molecule has 0 spiro atoms. The van der Waals surface area contributed by atoms with Gasteiger partial charge in [0.25, 0.3) is 0 Å². The maximum atomic E-state index is 9.04. The lowest BCUT2D eigenvalue weighted by molar-refractivity contribution is 1.27. The molecule has 1 heterocycles. The number of benzene rings is 1. The summed E-state index contributed by atoms with van der Waals surface area (Å²) in [4.78, 5) is 7.64. The van der Waals surface area contributed by atoms with E-state index < -0.39 is 0 Å². The minimum Gasteiger partial charge on any atom is -0.256 e. The number of hydrogen-bond acceptors (Lipinski definition) is 2. The summed E-state index contributed by atoms with van der Waals surface area (Å²) in [5, 5.41) is 9.04. The Bertz CT molecular complexity index is 628. The molecule has 0 amide bonds. The molecule has 1 aromatic heterocycles. The van der Waals surface area contributed by atoms with Gasteiger partial charge in [0.2, 0.25) is 0 Å². The van der Waals surface area contributed by atoms with Gasteiger partial charge in [0, 0.05) is 11.8 Å². The summed E-state index contributed by atoms with van der Waals surface area (Å²) in [5.41, 5.74) is 3.54. The molecule has 0 N–H and O–H groups in total. The van der Waals surface area contributed by atoms with E-state index in [1.807, 2.05) is 19.1 Å². The van der Waals surface area contributed by atoms with E-state index in [-0.39, 0.29) is 0 Å². The van der Waals surface area contributed by atoms with E-state index in [0.29, 0.717) is 16.8 Å². The molecule has 0 aliphatic heterocycles. The number of rotatable bonds is 1. The minimum absolute atomic E-state index is 0.515. The Morgan fingerprint density at radius 1 is 1.29 bits per heavy atom. The summed E-state index contributed by atoms with van der Waals surface area (Å²) >= 11 is 0. The second kappa shape index (κ2) is 4.47. The highest BCUT2D eigenvalue weighted by Gasteiger charge is 2.07. The first kappa shape index (κ1) is 10.9. The topological polar surface area (TPSA) is 41.0 Å². The second-order valence-electron chi connectivity index (χ2n) is 3.67. The molecule has 0 radical (unpaired) electrons. The van der Waals surface area contributed by atoms with Crippen LogP contribution in [0.5, 0.6) is 0 Å². The van der Waals surface area contributed by atoms with Gasteiger partial charge < -0.3 is 0 Å². The fraction of sp³-hybridized carbons (Fsp3) is 0.0714. The lowest BCUT2D eigenvalue weighted by Crippen LogP contribution is -1.88. The largest absolute Gasteiger partial charge is 0.256 e. The monoisotopic (exact) mass is 219 g/mol. The molecule has 3 heteroatoms. The van der Waals surface area contributed by atoms with Crippen LogP contribution in [-0.2, 0) is 0 Å². The lowest BCUT2D eigenvalue weighted by Gasteiger charge is -2.04. The molecular weight excluding hydrogens is 210 g/mol. The summed E-state index contributed by atoms with van der Waals surface area (Å²) in [7, 11) is 0. The number of nitrogens with zero attached hydrogens (tertiary/aromatic N) is 3. The van der Waals surface area contributed by atoms with Crippen LogP contribution in [0.1, 0.15) is 11.1 Å². The molecular formula is C14H9N3. The highest BCUT2D eigenvalue weighted by Crippen LogP contribution is 2.26. The van der Waals surface area contributed by atoms with E-state index in [1.54, 1.807) is 24.4 Å². The molecule has 2 aromatic rings. The molecule has 0 aliphatic rings. The molecule has 0 aliphatic carbocycles. The first-order valence-electron chi connectivity index (χ1n) is 5.09. The van der Waals surface area contributed by atoms with E-state index in [1.165, 1.54) is 0 Å². The average molecular weight is 219 g/mol. The predicted octanol–water partition coefficient (Wildman–Crippen LogP) is 3.48. The minimum atomic E-state index is 0.515. The fourth-order valence-corrected chi connectivity index (χ4v) is 1.54. The zero-order valence-corrected chi connectivity index (χ0v) is 9.31. The van der Waals surface area contributed by atoms with Crippen molar-refractivity contribution in [2.75, 3.05) is 0 Å². The molecule has 0 bridgehead atoms. The number of aromatic nitrogens is 1. The normalized spacial score (nSPS) is 9.35. The predicted molar refractivity (Wildman–Crippen MR) is 65.4 cm³/mol. The van der Waals surface area contributed by atoms with E-state index >= 15 is 0 Å². The van der Waals surface area contributed by atoms with Crippen molar-refractivity contribution in [1.82, 2.24) is 4.98 Å². The average Bonchev–Trinajstić information content (AvgIpc) is 2.39. The van der Waals surface area contributed by atoms with Gasteiger partial charge in [0.1, 0.15) is 0 Å². The van der Waals surface area contributed by atoms with Gasteiger partial charge in [-0.3, -0.25) is 4.98 Å². The van der Waals surface area contributed by atoms with Crippen molar-refractivity contribution in [2.45, 2.75) is 6.92 Å². The van der Waals surface area contributed by atoms with Gasteiger partial charge in [-0.2, -0.15) is 5.26 Å². The standard InChI is InChI=1S/C14H9N3/c1-10-3-6-14(17-9-10)13-7-12(16-2)5-4-11(13)8-15/h3-7,9H,1H3. The number of nitriles is 1. The second-order valence-corrected chi connectivity index (χ2v) is 3.67. The van der Waals surface area contributed by atoms with Crippen LogP contribution in [0.4, 0.5) is 5.69 Å². The Morgan fingerprint density at radius 2 is 2.12 bits per heavy atom. The van der Waals surface area contributed by atoms with Gasteiger partial charge >= 0.3 is 0 Å². The zero-order valence-electron chi connectivity index (χ0n) is 9.31. The van der Waals surface area contributed by atoms with Gasteiger partial charge in [-0.25, -0.2) is 4.85 Å². The molecule has 1 aromatic carbocycles. The van der Waals surface area contributed by atoms with Crippen LogP contribution in [-0.4, -0.2) is 4.98 Å². The zero-order chi connectivity index (χ0) is 12.3. The lowest BCUT2D eigenvalue weighted by atomic mass is 10.0. The summed E-state index contributed by atoms with van der Waals surface area (Å²) < 4.78 is 0. The van der Waals surface area contributed by atoms with E-state index in [0.717, 1.165) is 11.3 Å². The summed E-state index contributed by atoms with van der Waals surface area (Å²) in [6, 6.07) is 10.9. The van der Waals surface area contributed by atoms with Gasteiger partial charge in [0.05, 0.1) is 23.9 Å². The van der Waals surface area contributed by atoms with Crippen LogP contribution < -0.4 is 0 Å². The van der Waals surface area contributed by atoms with Gasteiger partial charge in [-0.05, 0) is 24.6 Å². The van der Waals surface area contributed by atoms with Gasteiger partial charge in [-0.15, -0.1) is 0 Å². The fourth-order valence-electron chi connectivity index (χ4n) is 1.54. The summed E-state index contributed by atoms with van der Waals surface area (Å²) in [6.45, 7) is 8.94. The summed E-state index contributed by atoms with van der Waals surface area (Å²) in [6.07, 6.45) is 1.75. The molecule has 17 heavy (non-hydrogen) atoms. The van der Waals surface area contributed by atoms with Crippen LogP contribution in [0.2, 0.25) is 0 Å².